The van der Waals surface area contributed by atoms with Gasteiger partial charge in [0.25, 0.3) is 0 Å². The molecule has 0 aliphatic heterocycles. The Morgan fingerprint density at radius 2 is 1.03 bits per heavy atom. The third kappa shape index (κ3) is 10.2. The lowest BCUT2D eigenvalue weighted by molar-refractivity contribution is -0.890. The van der Waals surface area contributed by atoms with Crippen LogP contribution in [0.4, 0.5) is 0 Å². The second kappa shape index (κ2) is 16.1. The maximum absolute atomic E-state index is 13.2. The van der Waals surface area contributed by atoms with Crippen molar-refractivity contribution in [1.29, 1.82) is 0 Å². The van der Waals surface area contributed by atoms with Crippen molar-refractivity contribution in [3.05, 3.63) is 0 Å². The lowest BCUT2D eigenvalue weighted by Gasteiger charge is -2.54. The van der Waals surface area contributed by atoms with E-state index in [9.17, 15) is 4.79 Å². The molecule has 2 nitrogen and oxygen atoms in total. The Hall–Kier alpha value is 0.110. The Morgan fingerprint density at radius 1 is 0.618 bits per heavy atom. The highest BCUT2D eigenvalue weighted by Gasteiger charge is 2.50. The van der Waals surface area contributed by atoms with Crippen LogP contribution in [0.1, 0.15) is 135 Å². The maximum atomic E-state index is 13.2. The fourth-order valence-corrected chi connectivity index (χ4v) is 7.88. The van der Waals surface area contributed by atoms with Gasteiger partial charge in [0.15, 0.2) is 0 Å². The largest absolute Gasteiger partial charge is 1.00 e. The van der Waals surface area contributed by atoms with Crippen LogP contribution in [0.2, 0.25) is 0 Å². The number of halogens is 1. The number of hydrogen-bond acceptors (Lipinski definition) is 1. The minimum atomic E-state index is 0. The molecule has 4 aliphatic carbocycles. The van der Waals surface area contributed by atoms with Crippen molar-refractivity contribution in [1.82, 2.24) is 0 Å². The van der Waals surface area contributed by atoms with Crippen LogP contribution in [-0.4, -0.2) is 37.5 Å². The summed E-state index contributed by atoms with van der Waals surface area (Å²) in [6.07, 6.45) is 27.8. The van der Waals surface area contributed by atoms with E-state index in [1.807, 2.05) is 0 Å². The maximum Gasteiger partial charge on any atom is 0.142 e. The Balaban J connectivity index is 0.00000408. The molecular formula is C31H58BrNO. The van der Waals surface area contributed by atoms with Crippen LogP contribution in [0.15, 0.2) is 0 Å². The van der Waals surface area contributed by atoms with Gasteiger partial charge in [-0.15, -0.1) is 0 Å². The summed E-state index contributed by atoms with van der Waals surface area (Å²) in [7, 11) is 4.71. The summed E-state index contributed by atoms with van der Waals surface area (Å²) in [5.41, 5.74) is 0. The quantitative estimate of drug-likeness (QED) is 0.154. The van der Waals surface area contributed by atoms with Crippen LogP contribution in [-0.2, 0) is 4.79 Å². The topological polar surface area (TPSA) is 17.1 Å². The van der Waals surface area contributed by atoms with Gasteiger partial charge in [0.2, 0.25) is 0 Å². The van der Waals surface area contributed by atoms with Gasteiger partial charge in [0.1, 0.15) is 5.78 Å². The third-order valence-corrected chi connectivity index (χ3v) is 9.68. The lowest BCUT2D eigenvalue weighted by atomic mass is 9.51. The first-order valence-electron chi connectivity index (χ1n) is 15.3. The Bertz CT molecular complexity index is 532. The molecule has 34 heavy (non-hydrogen) atoms. The zero-order valence-electron chi connectivity index (χ0n) is 23.2. The van der Waals surface area contributed by atoms with E-state index >= 15 is 0 Å². The van der Waals surface area contributed by atoms with Gasteiger partial charge in [-0.1, -0.05) is 84.0 Å². The molecule has 4 aliphatic rings. The van der Waals surface area contributed by atoms with Gasteiger partial charge in [0, 0.05) is 5.92 Å². The number of quaternary nitrogens is 1. The Labute approximate surface area is 223 Å². The molecule has 0 unspecified atom stereocenters. The van der Waals surface area contributed by atoms with Gasteiger partial charge in [-0.25, -0.2) is 0 Å². The van der Waals surface area contributed by atoms with Crippen LogP contribution in [0, 0.1) is 29.6 Å². The van der Waals surface area contributed by atoms with Crippen molar-refractivity contribution in [3.63, 3.8) is 0 Å². The van der Waals surface area contributed by atoms with Crippen LogP contribution in [0.25, 0.3) is 0 Å². The van der Waals surface area contributed by atoms with Gasteiger partial charge in [-0.05, 0) is 68.6 Å². The number of Topliss-reactive ketones (excluding diaryl/α,β-unsaturated/α-hetero) is 1. The average molecular weight is 541 g/mol. The first-order valence-corrected chi connectivity index (χ1v) is 15.3. The van der Waals surface area contributed by atoms with Crippen LogP contribution in [0.5, 0.6) is 0 Å². The van der Waals surface area contributed by atoms with Gasteiger partial charge in [-0.2, -0.15) is 0 Å². The van der Waals surface area contributed by atoms with Crippen LogP contribution >= 0.6 is 0 Å². The van der Waals surface area contributed by atoms with Crippen molar-refractivity contribution in [2.45, 2.75) is 135 Å². The van der Waals surface area contributed by atoms with E-state index in [0.29, 0.717) is 11.7 Å². The van der Waals surface area contributed by atoms with E-state index < -0.39 is 0 Å². The van der Waals surface area contributed by atoms with Gasteiger partial charge < -0.3 is 21.5 Å². The molecule has 0 aromatic rings. The zero-order valence-corrected chi connectivity index (χ0v) is 24.8. The molecule has 0 aromatic heterocycles. The molecule has 0 saturated heterocycles. The predicted molar refractivity (Wildman–Crippen MR) is 142 cm³/mol. The van der Waals surface area contributed by atoms with Crippen molar-refractivity contribution < 1.29 is 26.3 Å². The summed E-state index contributed by atoms with van der Waals surface area (Å²) in [5.74, 6) is 4.55. The molecular weight excluding hydrogens is 482 g/mol. The standard InChI is InChI=1S/C31H58NO.BrH/c1-4-5-6-7-8-9-10-11-12-13-14-15-16-17-19-32(2,3)20-18-30(33)31-28-22-26-21-27(24-28)25-29(31)23-26;/h26-29,31H,4-25H2,1-3H3;1H/q+1;/p-1. The van der Waals surface area contributed by atoms with Gasteiger partial charge in [0.05, 0.1) is 33.6 Å². The number of nitrogens with zero attached hydrogens (tertiary/aromatic N) is 1. The van der Waals surface area contributed by atoms with Crippen molar-refractivity contribution in [3.8, 4) is 0 Å². The van der Waals surface area contributed by atoms with E-state index in [1.165, 1.54) is 129 Å². The number of hydrogen-bond donors (Lipinski definition) is 0. The van der Waals surface area contributed by atoms with Crippen LogP contribution < -0.4 is 17.0 Å². The lowest BCUT2D eigenvalue weighted by Crippen LogP contribution is -3.00. The van der Waals surface area contributed by atoms with E-state index in [2.05, 4.69) is 21.0 Å². The monoisotopic (exact) mass is 539 g/mol. The molecule has 0 spiro atoms. The van der Waals surface area contributed by atoms with E-state index in [-0.39, 0.29) is 17.0 Å². The molecule has 4 fully saturated rings. The number of ketones is 1. The molecule has 0 N–H and O–H groups in total. The second-order valence-electron chi connectivity index (χ2n) is 13.2. The molecule has 0 atom stereocenters. The number of rotatable bonds is 19. The second-order valence-corrected chi connectivity index (χ2v) is 13.2. The normalized spacial score (nSPS) is 27.7. The molecule has 3 heteroatoms. The fraction of sp³-hybridized carbons (Fsp3) is 0.968. The van der Waals surface area contributed by atoms with Crippen molar-refractivity contribution in [2.75, 3.05) is 27.2 Å². The highest BCUT2D eigenvalue weighted by Crippen LogP contribution is 2.56. The van der Waals surface area contributed by atoms with Crippen molar-refractivity contribution >= 4 is 5.78 Å². The smallest absolute Gasteiger partial charge is 0.142 e. The summed E-state index contributed by atoms with van der Waals surface area (Å²) in [6.45, 7) is 4.60. The molecule has 0 amide bonds. The average Bonchev–Trinajstić information content (AvgIpc) is 2.77. The Kier molecular flexibility index (Phi) is 14.3. The Morgan fingerprint density at radius 3 is 1.47 bits per heavy atom. The van der Waals surface area contributed by atoms with Gasteiger partial charge in [-0.3, -0.25) is 4.79 Å². The summed E-state index contributed by atoms with van der Waals surface area (Å²) in [6, 6.07) is 0. The number of unbranched alkanes of at least 4 members (excludes halogenated alkanes) is 13. The SMILES string of the molecule is CCCCCCCCCCCCCCCC[N+](C)(C)CCC(=O)C1C2CC3CC(C2)CC1C3.[Br-]. The minimum absolute atomic E-state index is 0. The summed E-state index contributed by atoms with van der Waals surface area (Å²) < 4.78 is 1.04. The highest BCUT2D eigenvalue weighted by molar-refractivity contribution is 5.82. The minimum Gasteiger partial charge on any atom is -1.00 e. The van der Waals surface area contributed by atoms with E-state index in [1.54, 1.807) is 0 Å². The zero-order chi connectivity index (χ0) is 23.5. The van der Waals surface area contributed by atoms with E-state index in [4.69, 9.17) is 0 Å². The third-order valence-electron chi connectivity index (χ3n) is 9.68. The highest BCUT2D eigenvalue weighted by atomic mass is 79.9. The molecule has 4 bridgehead atoms. The molecule has 0 radical (unpaired) electrons. The molecule has 4 saturated carbocycles. The van der Waals surface area contributed by atoms with Crippen LogP contribution in [0.3, 0.4) is 0 Å². The molecule has 4 rings (SSSR count). The number of carbonyl (C=O) groups excluding carboxylic acids is 1. The summed E-state index contributed by atoms with van der Waals surface area (Å²) >= 11 is 0. The fourth-order valence-electron chi connectivity index (χ4n) is 7.88. The first kappa shape index (κ1) is 30.3. The molecule has 0 aromatic carbocycles. The predicted octanol–water partition coefficient (Wildman–Crippen LogP) is 5.58. The molecule has 0 heterocycles. The van der Waals surface area contributed by atoms with E-state index in [0.717, 1.165) is 41.1 Å². The summed E-state index contributed by atoms with van der Waals surface area (Å²) in [5, 5.41) is 0. The van der Waals surface area contributed by atoms with Crippen molar-refractivity contribution in [2.24, 2.45) is 29.6 Å². The summed E-state index contributed by atoms with van der Waals surface area (Å²) in [4.78, 5) is 13.2. The molecule has 200 valence electrons. The number of carbonyl (C=O) groups is 1. The first-order chi connectivity index (χ1) is 16.0. The van der Waals surface area contributed by atoms with Gasteiger partial charge >= 0.3 is 0 Å².